The molecule has 0 aromatic carbocycles. The van der Waals surface area contributed by atoms with Crippen LogP contribution in [-0.2, 0) is 14.9 Å². The molecule has 1 fully saturated rings. The summed E-state index contributed by atoms with van der Waals surface area (Å²) in [6.07, 6.45) is 1.93. The highest BCUT2D eigenvalue weighted by Crippen LogP contribution is 2.17. The van der Waals surface area contributed by atoms with Gasteiger partial charge in [0.25, 0.3) is 0 Å². The number of carbonyl (C=O) groups excluding carboxylic acids is 1. The Morgan fingerprint density at radius 1 is 1.31 bits per heavy atom. The van der Waals surface area contributed by atoms with Gasteiger partial charge in [-0.1, -0.05) is 0 Å². The zero-order valence-corrected chi connectivity index (χ0v) is 9.92. The number of hydrogen-bond acceptors (Lipinski definition) is 5. The Hall–Kier alpha value is -0.860. The molecule has 0 aromatic heterocycles. The molecule has 0 bridgehead atoms. The molecule has 0 heterocycles. The van der Waals surface area contributed by atoms with Gasteiger partial charge in [-0.15, -0.1) is 0 Å². The van der Waals surface area contributed by atoms with E-state index in [2.05, 4.69) is 9.46 Å². The van der Waals surface area contributed by atoms with Crippen LogP contribution in [0.25, 0.3) is 0 Å². The van der Waals surface area contributed by atoms with E-state index < -0.39 is 16.3 Å². The summed E-state index contributed by atoms with van der Waals surface area (Å²) in [4.78, 5) is 10.7. The van der Waals surface area contributed by atoms with Crippen LogP contribution in [0.1, 0.15) is 25.7 Å². The molecule has 0 unspecified atom stereocenters. The Kier molecular flexibility index (Phi) is 4.51. The summed E-state index contributed by atoms with van der Waals surface area (Å²) in [6, 6.07) is -0.0173. The summed E-state index contributed by atoms with van der Waals surface area (Å²) in [5.74, 6) is 0. The fourth-order valence-electron chi connectivity index (χ4n) is 1.64. The van der Waals surface area contributed by atoms with Gasteiger partial charge in [-0.2, -0.15) is 13.1 Å². The lowest BCUT2D eigenvalue weighted by Crippen LogP contribution is -2.47. The first-order chi connectivity index (χ1) is 7.43. The first-order valence-electron chi connectivity index (χ1n) is 5.06. The summed E-state index contributed by atoms with van der Waals surface area (Å²) < 4.78 is 31.1. The second-order valence-electron chi connectivity index (χ2n) is 3.83. The molecule has 0 radical (unpaired) electrons. The highest BCUT2D eigenvalue weighted by molar-refractivity contribution is 7.88. The minimum absolute atomic E-state index is 0.148. The number of carbonyl (C=O) groups is 1. The zero-order valence-electron chi connectivity index (χ0n) is 9.10. The number of ether oxygens (including phenoxy) is 1. The number of nitrogens with two attached hydrogens (primary N) is 1. The molecule has 0 atom stereocenters. The summed E-state index contributed by atoms with van der Waals surface area (Å²) in [7, 11) is -2.72. The molecule has 1 aliphatic rings. The molecule has 8 heteroatoms. The molecule has 0 aromatic rings. The van der Waals surface area contributed by atoms with Crippen molar-refractivity contribution in [3.63, 3.8) is 0 Å². The van der Waals surface area contributed by atoms with Gasteiger partial charge in [-0.25, -0.2) is 9.52 Å². The van der Waals surface area contributed by atoms with Crippen molar-refractivity contribution in [1.29, 1.82) is 0 Å². The highest BCUT2D eigenvalue weighted by atomic mass is 32.2. The van der Waals surface area contributed by atoms with Gasteiger partial charge in [-0.3, -0.25) is 0 Å². The molecule has 1 aliphatic carbocycles. The van der Waals surface area contributed by atoms with Crippen molar-refractivity contribution in [2.24, 2.45) is 5.73 Å². The molecule has 0 aliphatic heterocycles. The van der Waals surface area contributed by atoms with Gasteiger partial charge in [0.15, 0.2) is 0 Å². The van der Waals surface area contributed by atoms with Crippen LogP contribution >= 0.6 is 0 Å². The van der Waals surface area contributed by atoms with Crippen molar-refractivity contribution in [3.05, 3.63) is 0 Å². The van der Waals surface area contributed by atoms with E-state index in [1.54, 1.807) is 4.72 Å². The molecule has 4 N–H and O–H groups in total. The molecule has 1 amide bonds. The van der Waals surface area contributed by atoms with E-state index in [0.29, 0.717) is 12.8 Å². The van der Waals surface area contributed by atoms with Crippen LogP contribution in [0.3, 0.4) is 0 Å². The minimum Gasteiger partial charge on any atom is -0.452 e. The zero-order chi connectivity index (χ0) is 12.2. The second kappa shape index (κ2) is 5.46. The quantitative estimate of drug-likeness (QED) is 0.623. The van der Waals surface area contributed by atoms with E-state index in [4.69, 9.17) is 5.73 Å². The smallest absolute Gasteiger partial charge is 0.421 e. The average molecular weight is 251 g/mol. The number of amides is 1. The van der Waals surface area contributed by atoms with Crippen LogP contribution in [0.2, 0.25) is 0 Å². The average Bonchev–Trinajstić information content (AvgIpc) is 2.20. The Labute approximate surface area is 94.9 Å². The number of methoxy groups -OCH3 is 1. The van der Waals surface area contributed by atoms with Crippen molar-refractivity contribution in [3.8, 4) is 0 Å². The largest absolute Gasteiger partial charge is 0.452 e. The van der Waals surface area contributed by atoms with Gasteiger partial charge in [-0.05, 0) is 25.7 Å². The van der Waals surface area contributed by atoms with Gasteiger partial charge >= 0.3 is 16.3 Å². The number of hydrogen-bond donors (Lipinski definition) is 3. The highest BCUT2D eigenvalue weighted by Gasteiger charge is 2.24. The molecule has 1 saturated carbocycles. The monoisotopic (exact) mass is 251 g/mol. The Morgan fingerprint density at radius 3 is 2.38 bits per heavy atom. The van der Waals surface area contributed by atoms with Crippen LogP contribution < -0.4 is 15.2 Å². The summed E-state index contributed by atoms with van der Waals surface area (Å²) >= 11 is 0. The van der Waals surface area contributed by atoms with Crippen molar-refractivity contribution >= 4 is 16.3 Å². The van der Waals surface area contributed by atoms with E-state index in [9.17, 15) is 13.2 Å². The lowest BCUT2D eigenvalue weighted by molar-refractivity contribution is 0.177. The van der Waals surface area contributed by atoms with Crippen molar-refractivity contribution in [2.45, 2.75) is 37.8 Å². The normalized spacial score (nSPS) is 26.1. The Morgan fingerprint density at radius 2 is 1.88 bits per heavy atom. The molecule has 1 rings (SSSR count). The predicted octanol–water partition coefficient (Wildman–Crippen LogP) is -0.553. The second-order valence-corrected chi connectivity index (χ2v) is 5.27. The van der Waals surface area contributed by atoms with Crippen molar-refractivity contribution in [1.82, 2.24) is 9.44 Å². The third-order valence-electron chi connectivity index (χ3n) is 2.50. The summed E-state index contributed by atoms with van der Waals surface area (Å²) in [5, 5.41) is 0. The van der Waals surface area contributed by atoms with E-state index in [1.807, 2.05) is 0 Å². The predicted molar refractivity (Wildman–Crippen MR) is 57.8 cm³/mol. The SMILES string of the molecule is COC(=O)NS(=O)(=O)NC1CCC(N)CC1. The van der Waals surface area contributed by atoms with E-state index in [1.165, 1.54) is 0 Å². The van der Waals surface area contributed by atoms with Gasteiger partial charge in [0.05, 0.1) is 7.11 Å². The van der Waals surface area contributed by atoms with Gasteiger partial charge in [0, 0.05) is 12.1 Å². The molecule has 0 spiro atoms. The molecule has 7 nitrogen and oxygen atoms in total. The Balaban J connectivity index is 2.44. The minimum atomic E-state index is -3.83. The van der Waals surface area contributed by atoms with E-state index >= 15 is 0 Å². The van der Waals surface area contributed by atoms with Crippen molar-refractivity contribution in [2.75, 3.05) is 7.11 Å². The van der Waals surface area contributed by atoms with Gasteiger partial charge in [0.2, 0.25) is 0 Å². The lowest BCUT2D eigenvalue weighted by Gasteiger charge is -2.26. The van der Waals surface area contributed by atoms with Gasteiger partial charge in [0.1, 0.15) is 0 Å². The van der Waals surface area contributed by atoms with Crippen molar-refractivity contribution < 1.29 is 17.9 Å². The molecule has 94 valence electrons. The fourth-order valence-corrected chi connectivity index (χ4v) is 2.67. The number of nitrogens with one attached hydrogen (secondary N) is 2. The maximum Gasteiger partial charge on any atom is 0.421 e. The van der Waals surface area contributed by atoms with Crippen LogP contribution in [0.4, 0.5) is 4.79 Å². The summed E-state index contributed by atoms with van der Waals surface area (Å²) in [5.41, 5.74) is 5.70. The summed E-state index contributed by atoms with van der Waals surface area (Å²) in [6.45, 7) is 0. The lowest BCUT2D eigenvalue weighted by atomic mass is 9.93. The number of rotatable bonds is 3. The molecular weight excluding hydrogens is 234 g/mol. The standard InChI is InChI=1S/C8H17N3O4S/c1-15-8(12)11-16(13,14)10-7-4-2-6(9)3-5-7/h6-7,10H,2-5,9H2,1H3,(H,11,12). The molecule has 16 heavy (non-hydrogen) atoms. The van der Waals surface area contributed by atoms with Crippen LogP contribution in [0, 0.1) is 0 Å². The fraction of sp³-hybridized carbons (Fsp3) is 0.875. The van der Waals surface area contributed by atoms with Crippen LogP contribution in [0.5, 0.6) is 0 Å². The first kappa shape index (κ1) is 13.2. The topological polar surface area (TPSA) is 111 Å². The Bertz CT molecular complexity index is 335. The maximum absolute atomic E-state index is 11.4. The first-order valence-corrected chi connectivity index (χ1v) is 6.55. The van der Waals surface area contributed by atoms with Gasteiger partial charge < -0.3 is 10.5 Å². The van der Waals surface area contributed by atoms with E-state index in [0.717, 1.165) is 20.0 Å². The van der Waals surface area contributed by atoms with Crippen LogP contribution in [0.15, 0.2) is 0 Å². The third-order valence-corrected chi connectivity index (χ3v) is 3.58. The third kappa shape index (κ3) is 4.33. The van der Waals surface area contributed by atoms with Crippen LogP contribution in [-0.4, -0.2) is 33.7 Å². The van der Waals surface area contributed by atoms with E-state index in [-0.39, 0.29) is 12.1 Å². The maximum atomic E-state index is 11.4. The molecule has 0 saturated heterocycles. The molecular formula is C8H17N3O4S.